The molecule has 0 fully saturated rings. The van der Waals surface area contributed by atoms with Crippen molar-refractivity contribution in [2.75, 3.05) is 5.32 Å². The zero-order valence-electron chi connectivity index (χ0n) is 11.3. The highest BCUT2D eigenvalue weighted by molar-refractivity contribution is 7.10. The van der Waals surface area contributed by atoms with Crippen LogP contribution in [0.15, 0.2) is 17.5 Å². The third kappa shape index (κ3) is 2.74. The second-order valence-electron chi connectivity index (χ2n) is 4.37. The second kappa shape index (κ2) is 5.81. The van der Waals surface area contributed by atoms with E-state index in [-0.39, 0.29) is 6.04 Å². The summed E-state index contributed by atoms with van der Waals surface area (Å²) in [5, 5.41) is 22.9. The van der Waals surface area contributed by atoms with Crippen LogP contribution in [0.4, 0.5) is 5.82 Å². The number of aromatic nitrogens is 2. The van der Waals surface area contributed by atoms with Gasteiger partial charge in [-0.2, -0.15) is 10.4 Å². The Morgan fingerprint density at radius 3 is 2.79 bits per heavy atom. The Kier molecular flexibility index (Phi) is 4.13. The van der Waals surface area contributed by atoms with Gasteiger partial charge < -0.3 is 5.32 Å². The van der Waals surface area contributed by atoms with Gasteiger partial charge in [0, 0.05) is 4.88 Å². The Hall–Kier alpha value is -1.93. The number of nitrogens with zero attached hydrogens (tertiary/aromatic N) is 3. The standard InChI is InChI=1S/C14H16N4S/c1-4-12(13-6-5-7-19-13)16-14-11(8-15)9(2)10(3)17-18-14/h5-7,12H,4H2,1-3H3,(H,16,18). The van der Waals surface area contributed by atoms with Crippen LogP contribution in [-0.4, -0.2) is 10.2 Å². The number of aryl methyl sites for hydroxylation is 1. The number of hydrogen-bond donors (Lipinski definition) is 1. The van der Waals surface area contributed by atoms with Gasteiger partial charge in [0.1, 0.15) is 11.6 Å². The number of nitriles is 1. The first-order valence-corrected chi connectivity index (χ1v) is 7.09. The molecule has 1 N–H and O–H groups in total. The molecule has 0 aromatic carbocycles. The van der Waals surface area contributed by atoms with E-state index in [2.05, 4.69) is 40.0 Å². The molecule has 1 atom stereocenters. The minimum absolute atomic E-state index is 0.170. The fraction of sp³-hybridized carbons (Fsp3) is 0.357. The average Bonchev–Trinajstić information content (AvgIpc) is 2.94. The topological polar surface area (TPSA) is 61.6 Å². The Bertz CT molecular complexity index is 599. The molecule has 0 spiro atoms. The van der Waals surface area contributed by atoms with Crippen LogP contribution in [0.5, 0.6) is 0 Å². The molecule has 2 aromatic heterocycles. The highest BCUT2D eigenvalue weighted by Gasteiger charge is 2.16. The number of rotatable bonds is 4. The third-order valence-electron chi connectivity index (χ3n) is 3.17. The van der Waals surface area contributed by atoms with Crippen LogP contribution in [0.25, 0.3) is 0 Å². The van der Waals surface area contributed by atoms with Crippen LogP contribution in [0, 0.1) is 25.2 Å². The lowest BCUT2D eigenvalue weighted by Crippen LogP contribution is -2.12. The van der Waals surface area contributed by atoms with Gasteiger partial charge in [0.2, 0.25) is 0 Å². The zero-order valence-corrected chi connectivity index (χ0v) is 12.1. The lowest BCUT2D eigenvalue weighted by molar-refractivity contribution is 0.751. The maximum atomic E-state index is 9.28. The smallest absolute Gasteiger partial charge is 0.167 e. The van der Waals surface area contributed by atoms with Gasteiger partial charge in [-0.05, 0) is 37.3 Å². The van der Waals surface area contributed by atoms with Gasteiger partial charge in [-0.1, -0.05) is 13.0 Å². The van der Waals surface area contributed by atoms with Gasteiger partial charge in [0.25, 0.3) is 0 Å². The van der Waals surface area contributed by atoms with Crippen molar-refractivity contribution < 1.29 is 0 Å². The summed E-state index contributed by atoms with van der Waals surface area (Å²) in [5.74, 6) is 0.575. The van der Waals surface area contributed by atoms with Crippen molar-refractivity contribution in [3.63, 3.8) is 0 Å². The molecular weight excluding hydrogens is 256 g/mol. The average molecular weight is 272 g/mol. The van der Waals surface area contributed by atoms with Gasteiger partial charge in [0.05, 0.1) is 11.7 Å². The van der Waals surface area contributed by atoms with Crippen molar-refractivity contribution in [1.29, 1.82) is 5.26 Å². The maximum absolute atomic E-state index is 9.28. The maximum Gasteiger partial charge on any atom is 0.167 e. The molecule has 0 aliphatic heterocycles. The van der Waals surface area contributed by atoms with E-state index < -0.39 is 0 Å². The van der Waals surface area contributed by atoms with Gasteiger partial charge in [-0.3, -0.25) is 0 Å². The zero-order chi connectivity index (χ0) is 13.8. The molecule has 1 unspecified atom stereocenters. The Morgan fingerprint density at radius 1 is 1.42 bits per heavy atom. The molecule has 98 valence electrons. The second-order valence-corrected chi connectivity index (χ2v) is 5.35. The normalized spacial score (nSPS) is 11.9. The minimum Gasteiger partial charge on any atom is -0.360 e. The molecule has 0 aliphatic rings. The highest BCUT2D eigenvalue weighted by Crippen LogP contribution is 2.27. The van der Waals surface area contributed by atoms with E-state index in [9.17, 15) is 5.26 Å². The van der Waals surface area contributed by atoms with E-state index in [1.807, 2.05) is 19.9 Å². The summed E-state index contributed by atoms with van der Waals surface area (Å²) >= 11 is 1.70. The van der Waals surface area contributed by atoms with Crippen LogP contribution in [0.2, 0.25) is 0 Å². The summed E-state index contributed by atoms with van der Waals surface area (Å²) in [6.45, 7) is 5.88. The van der Waals surface area contributed by atoms with Gasteiger partial charge >= 0.3 is 0 Å². The van der Waals surface area contributed by atoms with Crippen molar-refractivity contribution in [2.45, 2.75) is 33.2 Å². The van der Waals surface area contributed by atoms with E-state index in [1.165, 1.54) is 4.88 Å². The Balaban J connectivity index is 2.33. The van der Waals surface area contributed by atoms with E-state index in [1.54, 1.807) is 11.3 Å². The molecule has 19 heavy (non-hydrogen) atoms. The van der Waals surface area contributed by atoms with Gasteiger partial charge in [0.15, 0.2) is 5.82 Å². The number of anilines is 1. The molecule has 0 bridgehead atoms. The molecule has 2 aromatic rings. The number of hydrogen-bond acceptors (Lipinski definition) is 5. The first kappa shape index (κ1) is 13.5. The van der Waals surface area contributed by atoms with Crippen molar-refractivity contribution in [2.24, 2.45) is 0 Å². The molecule has 0 amide bonds. The molecule has 0 radical (unpaired) electrons. The van der Waals surface area contributed by atoms with Crippen LogP contribution < -0.4 is 5.32 Å². The SMILES string of the molecule is CCC(Nc1nnc(C)c(C)c1C#N)c1cccs1. The molecule has 0 saturated heterocycles. The van der Waals surface area contributed by atoms with Crippen molar-refractivity contribution in [3.05, 3.63) is 39.2 Å². The minimum atomic E-state index is 0.170. The van der Waals surface area contributed by atoms with E-state index >= 15 is 0 Å². The van der Waals surface area contributed by atoms with Gasteiger partial charge in [-0.15, -0.1) is 16.4 Å². The summed E-state index contributed by atoms with van der Waals surface area (Å²) in [5.41, 5.74) is 2.27. The van der Waals surface area contributed by atoms with E-state index in [0.29, 0.717) is 11.4 Å². The van der Waals surface area contributed by atoms with Crippen molar-refractivity contribution in [1.82, 2.24) is 10.2 Å². The number of nitrogens with one attached hydrogen (secondary N) is 1. The molecular formula is C14H16N4S. The number of thiophene rings is 1. The Morgan fingerprint density at radius 2 is 2.21 bits per heavy atom. The summed E-state index contributed by atoms with van der Waals surface area (Å²) in [6.07, 6.45) is 0.931. The predicted molar refractivity (Wildman–Crippen MR) is 77.2 cm³/mol. The first-order chi connectivity index (χ1) is 9.17. The largest absolute Gasteiger partial charge is 0.360 e. The van der Waals surface area contributed by atoms with Crippen LogP contribution in [-0.2, 0) is 0 Å². The molecule has 2 rings (SSSR count). The fourth-order valence-corrected chi connectivity index (χ4v) is 2.74. The third-order valence-corrected chi connectivity index (χ3v) is 4.16. The van der Waals surface area contributed by atoms with E-state index in [4.69, 9.17) is 0 Å². The predicted octanol–water partition coefficient (Wildman–Crippen LogP) is 3.59. The summed E-state index contributed by atoms with van der Waals surface area (Å²) < 4.78 is 0. The quantitative estimate of drug-likeness (QED) is 0.924. The monoisotopic (exact) mass is 272 g/mol. The first-order valence-electron chi connectivity index (χ1n) is 6.21. The lowest BCUT2D eigenvalue weighted by Gasteiger charge is -2.17. The molecule has 5 heteroatoms. The van der Waals surface area contributed by atoms with Crippen LogP contribution in [0.1, 0.15) is 41.1 Å². The lowest BCUT2D eigenvalue weighted by atomic mass is 10.1. The molecule has 4 nitrogen and oxygen atoms in total. The van der Waals surface area contributed by atoms with Crippen molar-refractivity contribution in [3.8, 4) is 6.07 Å². The summed E-state index contributed by atoms with van der Waals surface area (Å²) in [7, 11) is 0. The van der Waals surface area contributed by atoms with Crippen LogP contribution >= 0.6 is 11.3 Å². The van der Waals surface area contributed by atoms with E-state index in [0.717, 1.165) is 17.7 Å². The molecule has 0 aliphatic carbocycles. The molecule has 0 saturated carbocycles. The van der Waals surface area contributed by atoms with Crippen LogP contribution in [0.3, 0.4) is 0 Å². The summed E-state index contributed by atoms with van der Waals surface area (Å²) in [6, 6.07) is 6.51. The highest BCUT2D eigenvalue weighted by atomic mass is 32.1. The summed E-state index contributed by atoms with van der Waals surface area (Å²) in [4.78, 5) is 1.24. The fourth-order valence-electron chi connectivity index (χ4n) is 1.88. The van der Waals surface area contributed by atoms with Crippen molar-refractivity contribution >= 4 is 17.2 Å². The Labute approximate surface area is 117 Å². The molecule has 2 heterocycles. The van der Waals surface area contributed by atoms with Gasteiger partial charge in [-0.25, -0.2) is 0 Å².